The van der Waals surface area contributed by atoms with Crippen LogP contribution in [0.3, 0.4) is 0 Å². The number of alkyl halides is 1. The van der Waals surface area contributed by atoms with Crippen molar-refractivity contribution in [2.24, 2.45) is 0 Å². The van der Waals surface area contributed by atoms with Gasteiger partial charge in [-0.1, -0.05) is 149 Å². The minimum atomic E-state index is -0.604. The second-order valence-electron chi connectivity index (χ2n) is 12.4. The van der Waals surface area contributed by atoms with Gasteiger partial charge in [0.1, 0.15) is 36.3 Å². The van der Waals surface area contributed by atoms with Crippen molar-refractivity contribution in [3.05, 3.63) is 172 Å². The fraction of sp³-hybridized carbons (Fsp3) is 0.302. The summed E-state index contributed by atoms with van der Waals surface area (Å²) in [6.07, 6.45) is -2.81. The predicted molar refractivity (Wildman–Crippen MR) is 204 cm³/mol. The van der Waals surface area contributed by atoms with Crippen LogP contribution in [0.15, 0.2) is 133 Å². The van der Waals surface area contributed by atoms with Crippen LogP contribution in [0, 0.1) is 0 Å². The Kier molecular flexibility index (Phi) is 14.1. The highest BCUT2D eigenvalue weighted by molar-refractivity contribution is 9.08. The molecule has 0 spiro atoms. The third-order valence-electron chi connectivity index (χ3n) is 8.81. The van der Waals surface area contributed by atoms with Crippen molar-refractivity contribution in [2.45, 2.75) is 69.2 Å². The van der Waals surface area contributed by atoms with Gasteiger partial charge in [0.05, 0.1) is 39.6 Å². The number of hydrogen-bond donors (Lipinski definition) is 0. The summed E-state index contributed by atoms with van der Waals surface area (Å²) in [5.74, 6) is 0.639. The van der Waals surface area contributed by atoms with Gasteiger partial charge < -0.3 is 28.4 Å². The SMILES string of the molecule is CCOc1cc(Cl)c(CBr)cc1C1O[C@H](COCc2ccccc2)[C@@H](OCc2ccccc2)[C@H](OCc2ccccc2)[C@H]1OCc1ccccc1. The molecule has 5 aromatic rings. The number of ether oxygens (including phenoxy) is 6. The first-order chi connectivity index (χ1) is 25.1. The fourth-order valence-electron chi connectivity index (χ4n) is 6.26. The van der Waals surface area contributed by atoms with E-state index in [1.807, 2.05) is 91.9 Å². The lowest BCUT2D eigenvalue weighted by molar-refractivity contribution is -0.275. The van der Waals surface area contributed by atoms with E-state index >= 15 is 0 Å². The topological polar surface area (TPSA) is 55.4 Å². The smallest absolute Gasteiger partial charge is 0.126 e. The van der Waals surface area contributed by atoms with Crippen molar-refractivity contribution < 1.29 is 28.4 Å². The zero-order valence-corrected chi connectivity index (χ0v) is 31.1. The van der Waals surface area contributed by atoms with Gasteiger partial charge in [-0.05, 0) is 46.9 Å². The normalized spacial score (nSPS) is 20.3. The summed E-state index contributed by atoms with van der Waals surface area (Å²) in [7, 11) is 0. The van der Waals surface area contributed by atoms with Gasteiger partial charge in [0.2, 0.25) is 0 Å². The van der Waals surface area contributed by atoms with Crippen molar-refractivity contribution in [2.75, 3.05) is 13.2 Å². The van der Waals surface area contributed by atoms with E-state index < -0.39 is 30.5 Å². The van der Waals surface area contributed by atoms with Gasteiger partial charge in [0.25, 0.3) is 0 Å². The van der Waals surface area contributed by atoms with Gasteiger partial charge in [-0.2, -0.15) is 0 Å². The number of hydrogen-bond acceptors (Lipinski definition) is 6. The van der Waals surface area contributed by atoms with Crippen LogP contribution >= 0.6 is 27.5 Å². The molecule has 1 aliphatic heterocycles. The Bertz CT molecular complexity index is 1740. The molecule has 0 amide bonds. The summed E-state index contributed by atoms with van der Waals surface area (Å²) in [5, 5.41) is 1.17. The molecule has 0 radical (unpaired) electrons. The van der Waals surface area contributed by atoms with Crippen LogP contribution in [0.25, 0.3) is 0 Å². The first-order valence-corrected chi connectivity index (χ1v) is 18.9. The molecule has 1 heterocycles. The summed E-state index contributed by atoms with van der Waals surface area (Å²) in [6, 6.07) is 44.5. The van der Waals surface area contributed by atoms with E-state index in [0.29, 0.717) is 49.1 Å². The molecule has 0 aliphatic carbocycles. The average molecular weight is 772 g/mol. The van der Waals surface area contributed by atoms with Crippen LogP contribution in [-0.2, 0) is 55.4 Å². The lowest BCUT2D eigenvalue weighted by Crippen LogP contribution is -2.58. The second kappa shape index (κ2) is 19.3. The van der Waals surface area contributed by atoms with Gasteiger partial charge in [0.15, 0.2) is 0 Å². The van der Waals surface area contributed by atoms with Gasteiger partial charge in [-0.3, -0.25) is 0 Å². The standard InChI is InChI=1S/C43H44BrClO6/c1-2-47-38-24-37(45)35(25-44)23-36(38)40-42(49-28-33-19-11-5-12-20-33)43(50-29-34-21-13-6-14-22-34)41(48-27-32-17-9-4-10-18-32)39(51-40)30-46-26-31-15-7-3-8-16-31/h3-24,39-43H,2,25-30H2,1H3/t39-,40?,41-,42+,43+/m1/s1. The predicted octanol–water partition coefficient (Wildman–Crippen LogP) is 10.0. The molecule has 5 aromatic carbocycles. The van der Waals surface area contributed by atoms with E-state index in [0.717, 1.165) is 33.4 Å². The van der Waals surface area contributed by atoms with Crippen molar-refractivity contribution in [1.82, 2.24) is 0 Å². The maximum atomic E-state index is 7.13. The van der Waals surface area contributed by atoms with Gasteiger partial charge in [0, 0.05) is 15.9 Å². The number of benzene rings is 5. The third-order valence-corrected chi connectivity index (χ3v) is 9.77. The van der Waals surface area contributed by atoms with Gasteiger partial charge in [-0.25, -0.2) is 0 Å². The fourth-order valence-corrected chi connectivity index (χ4v) is 7.11. The molecule has 0 saturated carbocycles. The van der Waals surface area contributed by atoms with Crippen LogP contribution in [0.4, 0.5) is 0 Å². The van der Waals surface area contributed by atoms with E-state index in [-0.39, 0.29) is 6.61 Å². The van der Waals surface area contributed by atoms with Crippen LogP contribution in [-0.4, -0.2) is 37.6 Å². The number of rotatable bonds is 17. The Hall–Kier alpha value is -3.53. The second-order valence-corrected chi connectivity index (χ2v) is 13.4. The molecular weight excluding hydrogens is 728 g/mol. The molecule has 1 unspecified atom stereocenters. The molecule has 0 aromatic heterocycles. The van der Waals surface area contributed by atoms with Crippen molar-refractivity contribution >= 4 is 27.5 Å². The quantitative estimate of drug-likeness (QED) is 0.0878. The monoisotopic (exact) mass is 770 g/mol. The van der Waals surface area contributed by atoms with Crippen molar-refractivity contribution in [1.29, 1.82) is 0 Å². The lowest BCUT2D eigenvalue weighted by Gasteiger charge is -2.46. The van der Waals surface area contributed by atoms with E-state index in [4.69, 9.17) is 40.0 Å². The molecule has 0 bridgehead atoms. The van der Waals surface area contributed by atoms with Crippen molar-refractivity contribution in [3.63, 3.8) is 0 Å². The summed E-state index contributed by atoms with van der Waals surface area (Å²) in [5.41, 5.74) is 5.95. The number of halogens is 2. The molecular formula is C43H44BrClO6. The zero-order chi connectivity index (χ0) is 35.3. The van der Waals surface area contributed by atoms with E-state index in [1.165, 1.54) is 0 Å². The molecule has 51 heavy (non-hydrogen) atoms. The Morgan fingerprint density at radius 2 is 1.08 bits per heavy atom. The highest BCUT2D eigenvalue weighted by Crippen LogP contribution is 2.43. The molecule has 1 aliphatic rings. The van der Waals surface area contributed by atoms with Gasteiger partial charge >= 0.3 is 0 Å². The van der Waals surface area contributed by atoms with Crippen molar-refractivity contribution in [3.8, 4) is 5.75 Å². The molecule has 266 valence electrons. The lowest BCUT2D eigenvalue weighted by atomic mass is 9.89. The molecule has 8 heteroatoms. The van der Waals surface area contributed by atoms with Gasteiger partial charge in [-0.15, -0.1) is 0 Å². The Labute approximate surface area is 314 Å². The molecule has 0 N–H and O–H groups in total. The minimum absolute atomic E-state index is 0.268. The maximum Gasteiger partial charge on any atom is 0.126 e. The molecule has 1 fully saturated rings. The van der Waals surface area contributed by atoms with Crippen LogP contribution in [0.1, 0.15) is 46.4 Å². The third kappa shape index (κ3) is 10.3. The Balaban J connectivity index is 1.41. The summed E-state index contributed by atoms with van der Waals surface area (Å²) >= 11 is 10.4. The van der Waals surface area contributed by atoms with E-state index in [9.17, 15) is 0 Å². The van der Waals surface area contributed by atoms with Crippen LogP contribution < -0.4 is 4.74 Å². The summed E-state index contributed by atoms with van der Waals surface area (Å²) < 4.78 is 40.4. The highest BCUT2D eigenvalue weighted by Gasteiger charge is 2.49. The average Bonchev–Trinajstić information content (AvgIpc) is 3.17. The van der Waals surface area contributed by atoms with E-state index in [2.05, 4.69) is 64.5 Å². The molecule has 6 nitrogen and oxygen atoms in total. The summed E-state index contributed by atoms with van der Waals surface area (Å²) in [4.78, 5) is 0. The maximum absolute atomic E-state index is 7.13. The highest BCUT2D eigenvalue weighted by atomic mass is 79.9. The summed E-state index contributed by atoms with van der Waals surface area (Å²) in [6.45, 7) is 4.19. The van der Waals surface area contributed by atoms with Crippen LogP contribution in [0.2, 0.25) is 5.02 Å². The largest absolute Gasteiger partial charge is 0.493 e. The first kappa shape index (κ1) is 37.2. The molecule has 1 saturated heterocycles. The van der Waals surface area contributed by atoms with Crippen LogP contribution in [0.5, 0.6) is 5.75 Å². The molecule has 6 rings (SSSR count). The Morgan fingerprint density at radius 3 is 1.57 bits per heavy atom. The Morgan fingerprint density at radius 1 is 0.608 bits per heavy atom. The first-order valence-electron chi connectivity index (χ1n) is 17.4. The van der Waals surface area contributed by atoms with E-state index in [1.54, 1.807) is 0 Å². The minimum Gasteiger partial charge on any atom is -0.493 e. The zero-order valence-electron chi connectivity index (χ0n) is 28.7. The molecule has 5 atom stereocenters.